The van der Waals surface area contributed by atoms with Crippen LogP contribution in [0.5, 0.6) is 0 Å². The SMILES string of the molecule is CCOC(=O)c1oc2ccccc2c1COC(=O)c1ccc2nnc(C)n2c1. The number of hydrogen-bond acceptors (Lipinski definition) is 7. The van der Waals surface area contributed by atoms with Gasteiger partial charge in [-0.25, -0.2) is 9.59 Å². The molecule has 0 fully saturated rings. The van der Waals surface area contributed by atoms with Gasteiger partial charge in [0, 0.05) is 11.6 Å². The van der Waals surface area contributed by atoms with E-state index in [9.17, 15) is 9.59 Å². The number of aromatic nitrogens is 3. The quantitative estimate of drug-likeness (QED) is 0.491. The summed E-state index contributed by atoms with van der Waals surface area (Å²) in [6, 6.07) is 10.5. The molecule has 0 radical (unpaired) electrons. The minimum Gasteiger partial charge on any atom is -0.460 e. The first-order valence-electron chi connectivity index (χ1n) is 8.74. The van der Waals surface area contributed by atoms with E-state index in [2.05, 4.69) is 10.2 Å². The van der Waals surface area contributed by atoms with Gasteiger partial charge in [0.2, 0.25) is 5.76 Å². The Morgan fingerprint density at radius 3 is 2.71 bits per heavy atom. The molecule has 0 aliphatic carbocycles. The van der Waals surface area contributed by atoms with Crippen LogP contribution < -0.4 is 0 Å². The molecule has 0 saturated carbocycles. The lowest BCUT2D eigenvalue weighted by Gasteiger charge is -2.06. The molecule has 4 rings (SSSR count). The van der Waals surface area contributed by atoms with E-state index in [-0.39, 0.29) is 19.0 Å². The molecule has 0 atom stereocenters. The number of carbonyl (C=O) groups excluding carboxylic acids is 2. The highest BCUT2D eigenvalue weighted by atomic mass is 16.5. The Morgan fingerprint density at radius 1 is 1.07 bits per heavy atom. The van der Waals surface area contributed by atoms with Crippen LogP contribution in [0.2, 0.25) is 0 Å². The molecule has 0 spiro atoms. The first-order valence-corrected chi connectivity index (χ1v) is 8.74. The maximum atomic E-state index is 12.5. The third kappa shape index (κ3) is 3.09. The zero-order chi connectivity index (χ0) is 19.7. The molecule has 8 heteroatoms. The fraction of sp³-hybridized carbons (Fsp3) is 0.200. The van der Waals surface area contributed by atoms with E-state index in [1.807, 2.05) is 6.07 Å². The standard InChI is InChI=1S/C20H17N3O5/c1-3-26-20(25)18-15(14-6-4-5-7-16(14)28-18)11-27-19(24)13-8-9-17-22-21-12(2)23(17)10-13/h4-10H,3,11H2,1-2H3. The monoisotopic (exact) mass is 379 g/mol. The molecule has 8 nitrogen and oxygen atoms in total. The first-order chi connectivity index (χ1) is 13.6. The van der Waals surface area contributed by atoms with Crippen molar-refractivity contribution in [1.82, 2.24) is 14.6 Å². The predicted octanol–water partition coefficient (Wildman–Crippen LogP) is 3.32. The van der Waals surface area contributed by atoms with Gasteiger partial charge in [-0.15, -0.1) is 10.2 Å². The third-order valence-electron chi connectivity index (χ3n) is 4.32. The molecular weight excluding hydrogens is 362 g/mol. The smallest absolute Gasteiger partial charge is 0.374 e. The molecule has 0 aliphatic rings. The highest BCUT2D eigenvalue weighted by Crippen LogP contribution is 2.27. The minimum absolute atomic E-state index is 0.0426. The Balaban J connectivity index is 1.62. The maximum Gasteiger partial charge on any atom is 0.374 e. The lowest BCUT2D eigenvalue weighted by atomic mass is 10.1. The van der Waals surface area contributed by atoms with E-state index < -0.39 is 11.9 Å². The number of rotatable bonds is 5. The zero-order valence-corrected chi connectivity index (χ0v) is 15.3. The number of para-hydroxylation sites is 1. The second-order valence-corrected chi connectivity index (χ2v) is 6.10. The lowest BCUT2D eigenvalue weighted by Crippen LogP contribution is -2.10. The van der Waals surface area contributed by atoms with Gasteiger partial charge in [-0.05, 0) is 32.0 Å². The van der Waals surface area contributed by atoms with E-state index in [0.717, 1.165) is 0 Å². The normalized spacial score (nSPS) is 11.1. The van der Waals surface area contributed by atoms with Gasteiger partial charge in [0.15, 0.2) is 5.65 Å². The largest absolute Gasteiger partial charge is 0.460 e. The summed E-state index contributed by atoms with van der Waals surface area (Å²) in [5.41, 5.74) is 1.99. The van der Waals surface area contributed by atoms with Crippen LogP contribution in [0, 0.1) is 6.92 Å². The van der Waals surface area contributed by atoms with E-state index in [4.69, 9.17) is 13.9 Å². The van der Waals surface area contributed by atoms with Crippen molar-refractivity contribution in [1.29, 1.82) is 0 Å². The van der Waals surface area contributed by atoms with E-state index in [0.29, 0.717) is 33.6 Å². The number of ether oxygens (including phenoxy) is 2. The van der Waals surface area contributed by atoms with Gasteiger partial charge in [0.1, 0.15) is 18.0 Å². The molecule has 0 bridgehead atoms. The van der Waals surface area contributed by atoms with Gasteiger partial charge in [0.25, 0.3) is 0 Å². The number of fused-ring (bicyclic) bond motifs is 2. The van der Waals surface area contributed by atoms with Crippen LogP contribution in [0.4, 0.5) is 0 Å². The van der Waals surface area contributed by atoms with Crippen molar-refractivity contribution in [3.05, 3.63) is 65.3 Å². The summed E-state index contributed by atoms with van der Waals surface area (Å²) >= 11 is 0. The fourth-order valence-corrected chi connectivity index (χ4v) is 2.95. The first kappa shape index (κ1) is 17.7. The van der Waals surface area contributed by atoms with Crippen LogP contribution in [0.15, 0.2) is 47.0 Å². The molecule has 1 aromatic carbocycles. The second-order valence-electron chi connectivity index (χ2n) is 6.10. The van der Waals surface area contributed by atoms with Crippen molar-refractivity contribution < 1.29 is 23.5 Å². The second kappa shape index (κ2) is 7.15. The van der Waals surface area contributed by atoms with Crippen molar-refractivity contribution in [2.75, 3.05) is 6.61 Å². The molecular formula is C20H17N3O5. The van der Waals surface area contributed by atoms with Crippen LogP contribution in [0.25, 0.3) is 16.6 Å². The molecule has 28 heavy (non-hydrogen) atoms. The zero-order valence-electron chi connectivity index (χ0n) is 15.3. The van der Waals surface area contributed by atoms with Gasteiger partial charge < -0.3 is 13.9 Å². The number of nitrogens with zero attached hydrogens (tertiary/aromatic N) is 3. The summed E-state index contributed by atoms with van der Waals surface area (Å²) < 4.78 is 17.8. The van der Waals surface area contributed by atoms with Crippen molar-refractivity contribution in [3.63, 3.8) is 0 Å². The highest BCUT2D eigenvalue weighted by Gasteiger charge is 2.23. The third-order valence-corrected chi connectivity index (χ3v) is 4.32. The molecule has 0 aliphatic heterocycles. The summed E-state index contributed by atoms with van der Waals surface area (Å²) in [5, 5.41) is 8.65. The number of benzene rings is 1. The number of aryl methyl sites for hydroxylation is 1. The van der Waals surface area contributed by atoms with Crippen LogP contribution in [-0.2, 0) is 16.1 Å². The average molecular weight is 379 g/mol. The summed E-state index contributed by atoms with van der Waals surface area (Å²) in [6.07, 6.45) is 1.62. The van der Waals surface area contributed by atoms with Gasteiger partial charge >= 0.3 is 11.9 Å². The van der Waals surface area contributed by atoms with Crippen molar-refractivity contribution in [2.24, 2.45) is 0 Å². The van der Waals surface area contributed by atoms with E-state index >= 15 is 0 Å². The predicted molar refractivity (Wildman–Crippen MR) is 99.0 cm³/mol. The summed E-state index contributed by atoms with van der Waals surface area (Å²) in [7, 11) is 0. The van der Waals surface area contributed by atoms with Gasteiger partial charge in [-0.2, -0.15) is 0 Å². The Labute approximate surface area is 159 Å². The minimum atomic E-state index is -0.591. The molecule has 0 amide bonds. The summed E-state index contributed by atoms with van der Waals surface area (Å²) in [5.74, 6) is -0.419. The van der Waals surface area contributed by atoms with Gasteiger partial charge in [-0.3, -0.25) is 4.40 Å². The molecule has 3 heterocycles. The fourth-order valence-electron chi connectivity index (χ4n) is 2.95. The molecule has 0 saturated heterocycles. The molecule has 142 valence electrons. The van der Waals surface area contributed by atoms with Gasteiger partial charge in [0.05, 0.1) is 17.7 Å². The summed E-state index contributed by atoms with van der Waals surface area (Å²) in [4.78, 5) is 24.8. The Kier molecular flexibility index (Phi) is 4.52. The van der Waals surface area contributed by atoms with Gasteiger partial charge in [-0.1, -0.05) is 18.2 Å². The molecule has 4 aromatic rings. The van der Waals surface area contributed by atoms with Crippen molar-refractivity contribution >= 4 is 28.6 Å². The van der Waals surface area contributed by atoms with Crippen LogP contribution >= 0.6 is 0 Å². The van der Waals surface area contributed by atoms with E-state index in [1.54, 1.807) is 54.8 Å². The lowest BCUT2D eigenvalue weighted by molar-refractivity contribution is 0.0435. The number of pyridine rings is 1. The number of furan rings is 1. The average Bonchev–Trinajstić information content (AvgIpc) is 3.27. The van der Waals surface area contributed by atoms with Crippen LogP contribution in [-0.4, -0.2) is 33.1 Å². The molecule has 0 N–H and O–H groups in total. The Morgan fingerprint density at radius 2 is 1.89 bits per heavy atom. The topological polar surface area (TPSA) is 95.9 Å². The summed E-state index contributed by atoms with van der Waals surface area (Å²) in [6.45, 7) is 3.60. The van der Waals surface area contributed by atoms with Crippen LogP contribution in [0.1, 0.15) is 39.2 Å². The highest BCUT2D eigenvalue weighted by molar-refractivity contribution is 5.96. The molecule has 3 aromatic heterocycles. The molecule has 0 unspecified atom stereocenters. The number of carbonyl (C=O) groups is 2. The number of hydrogen-bond donors (Lipinski definition) is 0. The Bertz CT molecular complexity index is 1190. The Hall–Kier alpha value is -3.68. The van der Waals surface area contributed by atoms with Crippen molar-refractivity contribution in [2.45, 2.75) is 20.5 Å². The van der Waals surface area contributed by atoms with Crippen LogP contribution in [0.3, 0.4) is 0 Å². The maximum absolute atomic E-state index is 12.5. The van der Waals surface area contributed by atoms with E-state index in [1.165, 1.54) is 0 Å². The number of esters is 2. The van der Waals surface area contributed by atoms with Crippen molar-refractivity contribution in [3.8, 4) is 0 Å².